The Morgan fingerprint density at radius 3 is 2.55 bits per heavy atom. The SMILES string of the molecule is O=C1CO[C@@H](c2ccc(Br)cc2)CN1CCc1ccccc1. The lowest BCUT2D eigenvalue weighted by molar-refractivity contribution is -0.149. The summed E-state index contributed by atoms with van der Waals surface area (Å²) in [5.74, 6) is 0.0734. The monoisotopic (exact) mass is 359 g/mol. The Labute approximate surface area is 139 Å². The van der Waals surface area contributed by atoms with Gasteiger partial charge in [-0.15, -0.1) is 0 Å². The zero-order valence-electron chi connectivity index (χ0n) is 12.2. The van der Waals surface area contributed by atoms with Crippen molar-refractivity contribution < 1.29 is 9.53 Å². The van der Waals surface area contributed by atoms with E-state index in [1.165, 1.54) is 5.56 Å². The molecule has 0 bridgehead atoms. The normalized spacial score (nSPS) is 18.5. The van der Waals surface area contributed by atoms with Crippen LogP contribution < -0.4 is 0 Å². The molecule has 2 aromatic rings. The minimum atomic E-state index is -0.0402. The first-order valence-electron chi connectivity index (χ1n) is 7.41. The van der Waals surface area contributed by atoms with Crippen LogP contribution in [0, 0.1) is 0 Å². The lowest BCUT2D eigenvalue weighted by Crippen LogP contribution is -2.44. The van der Waals surface area contributed by atoms with Gasteiger partial charge in [-0.1, -0.05) is 58.4 Å². The maximum Gasteiger partial charge on any atom is 0.248 e. The Balaban J connectivity index is 1.63. The predicted octanol–water partition coefficient (Wildman–Crippen LogP) is 3.59. The summed E-state index contributed by atoms with van der Waals surface area (Å²) in [7, 11) is 0. The Hall–Kier alpha value is -1.65. The van der Waals surface area contributed by atoms with Crippen LogP contribution in [0.5, 0.6) is 0 Å². The summed E-state index contributed by atoms with van der Waals surface area (Å²) in [5.41, 5.74) is 2.36. The highest BCUT2D eigenvalue weighted by molar-refractivity contribution is 9.10. The zero-order valence-corrected chi connectivity index (χ0v) is 13.8. The van der Waals surface area contributed by atoms with Gasteiger partial charge >= 0.3 is 0 Å². The molecule has 1 amide bonds. The van der Waals surface area contributed by atoms with Gasteiger partial charge in [-0.05, 0) is 29.7 Å². The maximum absolute atomic E-state index is 12.0. The third kappa shape index (κ3) is 3.76. The van der Waals surface area contributed by atoms with Crippen LogP contribution in [0.4, 0.5) is 0 Å². The molecule has 0 spiro atoms. The molecule has 3 rings (SSSR count). The minimum absolute atomic E-state index is 0.0402. The third-order valence-corrected chi connectivity index (χ3v) is 4.43. The molecular formula is C18H18BrNO2. The van der Waals surface area contributed by atoms with Crippen molar-refractivity contribution >= 4 is 21.8 Å². The van der Waals surface area contributed by atoms with Crippen molar-refractivity contribution in [1.29, 1.82) is 0 Å². The summed E-state index contributed by atoms with van der Waals surface area (Å²) in [5, 5.41) is 0. The number of halogens is 1. The lowest BCUT2D eigenvalue weighted by atomic mass is 10.1. The summed E-state index contributed by atoms with van der Waals surface area (Å²) in [6.45, 7) is 1.52. The number of carbonyl (C=O) groups is 1. The van der Waals surface area contributed by atoms with Gasteiger partial charge in [0.15, 0.2) is 0 Å². The van der Waals surface area contributed by atoms with Crippen molar-refractivity contribution in [3.05, 3.63) is 70.2 Å². The van der Waals surface area contributed by atoms with Crippen LogP contribution in [0.1, 0.15) is 17.2 Å². The molecule has 1 saturated heterocycles. The number of hydrogen-bond donors (Lipinski definition) is 0. The largest absolute Gasteiger partial charge is 0.362 e. The first-order chi connectivity index (χ1) is 10.7. The number of ether oxygens (including phenoxy) is 1. The van der Waals surface area contributed by atoms with Crippen molar-refractivity contribution in [2.75, 3.05) is 19.7 Å². The number of benzene rings is 2. The van der Waals surface area contributed by atoms with Crippen molar-refractivity contribution in [2.45, 2.75) is 12.5 Å². The van der Waals surface area contributed by atoms with Gasteiger partial charge in [-0.2, -0.15) is 0 Å². The molecule has 0 radical (unpaired) electrons. The number of nitrogens with zero attached hydrogens (tertiary/aromatic N) is 1. The fraction of sp³-hybridized carbons (Fsp3) is 0.278. The molecular weight excluding hydrogens is 342 g/mol. The van der Waals surface area contributed by atoms with E-state index in [1.807, 2.05) is 47.4 Å². The van der Waals surface area contributed by atoms with E-state index >= 15 is 0 Å². The number of amides is 1. The molecule has 1 aliphatic heterocycles. The first kappa shape index (κ1) is 15.3. The Kier molecular flexibility index (Phi) is 4.90. The molecule has 0 N–H and O–H groups in total. The standard InChI is InChI=1S/C18H18BrNO2/c19-16-8-6-15(7-9-16)17-12-20(18(21)13-22-17)11-10-14-4-2-1-3-5-14/h1-9,17H,10-13H2/t17-/m1/s1. The van der Waals surface area contributed by atoms with E-state index in [4.69, 9.17) is 4.74 Å². The van der Waals surface area contributed by atoms with Crippen LogP contribution in [0.3, 0.4) is 0 Å². The molecule has 114 valence electrons. The second kappa shape index (κ2) is 7.07. The van der Waals surface area contributed by atoms with E-state index in [2.05, 4.69) is 28.1 Å². The van der Waals surface area contributed by atoms with E-state index in [0.717, 1.165) is 23.0 Å². The molecule has 0 aromatic heterocycles. The zero-order chi connectivity index (χ0) is 15.4. The fourth-order valence-corrected chi connectivity index (χ4v) is 2.89. The number of rotatable bonds is 4. The van der Waals surface area contributed by atoms with Crippen LogP contribution >= 0.6 is 15.9 Å². The Morgan fingerprint density at radius 1 is 1.09 bits per heavy atom. The van der Waals surface area contributed by atoms with Crippen LogP contribution in [0.15, 0.2) is 59.1 Å². The van der Waals surface area contributed by atoms with Crippen LogP contribution in [-0.4, -0.2) is 30.5 Å². The van der Waals surface area contributed by atoms with Gasteiger partial charge in [-0.25, -0.2) is 0 Å². The van der Waals surface area contributed by atoms with Gasteiger partial charge in [0, 0.05) is 11.0 Å². The van der Waals surface area contributed by atoms with Gasteiger partial charge in [0.25, 0.3) is 0 Å². The topological polar surface area (TPSA) is 29.5 Å². The quantitative estimate of drug-likeness (QED) is 0.834. The molecule has 1 heterocycles. The Bertz CT molecular complexity index is 627. The first-order valence-corrected chi connectivity index (χ1v) is 8.20. The molecule has 3 nitrogen and oxygen atoms in total. The van der Waals surface area contributed by atoms with E-state index in [1.54, 1.807) is 0 Å². The van der Waals surface area contributed by atoms with Crippen LogP contribution in [0.25, 0.3) is 0 Å². The predicted molar refractivity (Wildman–Crippen MR) is 89.6 cm³/mol. The summed E-state index contributed by atoms with van der Waals surface area (Å²) in [4.78, 5) is 13.9. The minimum Gasteiger partial charge on any atom is -0.362 e. The smallest absolute Gasteiger partial charge is 0.248 e. The molecule has 4 heteroatoms. The van der Waals surface area contributed by atoms with E-state index in [-0.39, 0.29) is 18.6 Å². The third-order valence-electron chi connectivity index (χ3n) is 3.90. The summed E-state index contributed by atoms with van der Waals surface area (Å²) in [6, 6.07) is 18.3. The average molecular weight is 360 g/mol. The van der Waals surface area contributed by atoms with Gasteiger partial charge in [0.2, 0.25) is 5.91 Å². The van der Waals surface area contributed by atoms with Crippen molar-refractivity contribution in [1.82, 2.24) is 4.90 Å². The molecule has 22 heavy (non-hydrogen) atoms. The van der Waals surface area contributed by atoms with Crippen molar-refractivity contribution in [3.63, 3.8) is 0 Å². The summed E-state index contributed by atoms with van der Waals surface area (Å²) >= 11 is 3.44. The van der Waals surface area contributed by atoms with Crippen LogP contribution in [-0.2, 0) is 16.0 Å². The Morgan fingerprint density at radius 2 is 1.82 bits per heavy atom. The second-order valence-corrected chi connectivity index (χ2v) is 6.34. The molecule has 1 fully saturated rings. The van der Waals surface area contributed by atoms with Gasteiger partial charge in [-0.3, -0.25) is 4.79 Å². The molecule has 0 saturated carbocycles. The van der Waals surface area contributed by atoms with Gasteiger partial charge < -0.3 is 9.64 Å². The van der Waals surface area contributed by atoms with E-state index in [0.29, 0.717) is 6.54 Å². The fourth-order valence-electron chi connectivity index (χ4n) is 2.62. The molecule has 2 aromatic carbocycles. The van der Waals surface area contributed by atoms with Crippen molar-refractivity contribution in [3.8, 4) is 0 Å². The molecule has 0 unspecified atom stereocenters. The van der Waals surface area contributed by atoms with E-state index in [9.17, 15) is 4.79 Å². The van der Waals surface area contributed by atoms with Gasteiger partial charge in [0.1, 0.15) is 12.7 Å². The molecule has 1 aliphatic rings. The van der Waals surface area contributed by atoms with Crippen LogP contribution in [0.2, 0.25) is 0 Å². The second-order valence-electron chi connectivity index (χ2n) is 5.43. The van der Waals surface area contributed by atoms with Gasteiger partial charge in [0.05, 0.1) is 6.54 Å². The average Bonchev–Trinajstić information content (AvgIpc) is 2.56. The number of morpholine rings is 1. The van der Waals surface area contributed by atoms with Crippen molar-refractivity contribution in [2.24, 2.45) is 0 Å². The number of carbonyl (C=O) groups excluding carboxylic acids is 1. The highest BCUT2D eigenvalue weighted by Gasteiger charge is 2.26. The maximum atomic E-state index is 12.0. The molecule has 1 atom stereocenters. The summed E-state index contributed by atoms with van der Waals surface area (Å²) < 4.78 is 6.74. The summed E-state index contributed by atoms with van der Waals surface area (Å²) in [6.07, 6.45) is 0.834. The molecule has 0 aliphatic carbocycles. The highest BCUT2D eigenvalue weighted by Crippen LogP contribution is 2.24. The van der Waals surface area contributed by atoms with E-state index < -0.39 is 0 Å². The number of hydrogen-bond acceptors (Lipinski definition) is 2. The highest BCUT2D eigenvalue weighted by atomic mass is 79.9. The lowest BCUT2D eigenvalue weighted by Gasteiger charge is -2.33.